The number of amides is 1. The molecule has 0 unspecified atom stereocenters. The minimum absolute atomic E-state index is 0.379. The Bertz CT molecular complexity index is 456. The Labute approximate surface area is 94.4 Å². The van der Waals surface area contributed by atoms with E-state index in [0.29, 0.717) is 5.56 Å². The number of hydrazine groups is 1. The number of rotatable bonds is 4. The molecular formula is C9H13N3O3S. The molecule has 7 heteroatoms. The van der Waals surface area contributed by atoms with Gasteiger partial charge in [0.25, 0.3) is 16.1 Å². The quantitative estimate of drug-likeness (QED) is 0.714. The van der Waals surface area contributed by atoms with Crippen LogP contribution in [0.25, 0.3) is 0 Å². The van der Waals surface area contributed by atoms with Crippen LogP contribution in [0.4, 0.5) is 0 Å². The number of carbonyl (C=O) groups is 1. The minimum Gasteiger partial charge on any atom is -0.273 e. The summed E-state index contributed by atoms with van der Waals surface area (Å²) in [6.45, 7) is 0. The third-order valence-corrected chi connectivity index (χ3v) is 3.13. The highest BCUT2D eigenvalue weighted by molar-refractivity contribution is 7.87. The van der Waals surface area contributed by atoms with Crippen LogP contribution in [0.15, 0.2) is 30.3 Å². The maximum Gasteiger partial charge on any atom is 0.295 e. The minimum atomic E-state index is -3.65. The molecule has 0 radical (unpaired) electrons. The molecule has 1 aromatic carbocycles. The van der Waals surface area contributed by atoms with E-state index < -0.39 is 16.1 Å². The second kappa shape index (κ2) is 5.06. The van der Waals surface area contributed by atoms with Gasteiger partial charge in [0, 0.05) is 19.7 Å². The van der Waals surface area contributed by atoms with Gasteiger partial charge < -0.3 is 0 Å². The van der Waals surface area contributed by atoms with Gasteiger partial charge in [0.1, 0.15) is 0 Å². The van der Waals surface area contributed by atoms with Gasteiger partial charge in [0.15, 0.2) is 0 Å². The fourth-order valence-corrected chi connectivity index (χ4v) is 1.27. The van der Waals surface area contributed by atoms with Gasteiger partial charge in [-0.05, 0) is 12.1 Å². The molecule has 1 amide bonds. The summed E-state index contributed by atoms with van der Waals surface area (Å²) in [5.74, 6) is -0.508. The van der Waals surface area contributed by atoms with Crippen molar-refractivity contribution < 1.29 is 13.2 Å². The highest BCUT2D eigenvalue weighted by Gasteiger charge is 2.14. The van der Waals surface area contributed by atoms with Gasteiger partial charge in [-0.25, -0.2) is 0 Å². The molecule has 0 aliphatic heterocycles. The first kappa shape index (κ1) is 12.6. The van der Waals surface area contributed by atoms with Crippen LogP contribution in [0.3, 0.4) is 0 Å². The predicted molar refractivity (Wildman–Crippen MR) is 59.7 cm³/mol. The Morgan fingerprint density at radius 2 is 1.75 bits per heavy atom. The lowest BCUT2D eigenvalue weighted by Gasteiger charge is -2.12. The summed E-state index contributed by atoms with van der Waals surface area (Å²) < 4.78 is 23.5. The zero-order valence-electron chi connectivity index (χ0n) is 8.97. The normalized spacial score (nSPS) is 11.4. The van der Waals surface area contributed by atoms with Crippen LogP contribution in [-0.2, 0) is 10.2 Å². The van der Waals surface area contributed by atoms with Crippen molar-refractivity contribution in [2.75, 3.05) is 14.1 Å². The van der Waals surface area contributed by atoms with Crippen LogP contribution in [0.2, 0.25) is 0 Å². The zero-order chi connectivity index (χ0) is 12.2. The van der Waals surface area contributed by atoms with Crippen molar-refractivity contribution >= 4 is 16.1 Å². The van der Waals surface area contributed by atoms with Gasteiger partial charge in [-0.15, -0.1) is 4.83 Å². The molecule has 6 nitrogen and oxygen atoms in total. The van der Waals surface area contributed by atoms with Crippen LogP contribution < -0.4 is 10.3 Å². The van der Waals surface area contributed by atoms with Crippen molar-refractivity contribution in [3.05, 3.63) is 35.9 Å². The van der Waals surface area contributed by atoms with E-state index in [9.17, 15) is 13.2 Å². The number of hydrogen-bond donors (Lipinski definition) is 2. The third kappa shape index (κ3) is 3.30. The van der Waals surface area contributed by atoms with Crippen molar-refractivity contribution in [2.45, 2.75) is 0 Å². The maximum absolute atomic E-state index is 11.5. The van der Waals surface area contributed by atoms with Gasteiger partial charge >= 0.3 is 0 Å². The summed E-state index contributed by atoms with van der Waals surface area (Å²) in [4.78, 5) is 13.4. The summed E-state index contributed by atoms with van der Waals surface area (Å²) in [6, 6.07) is 8.31. The molecule has 0 heterocycles. The second-order valence-corrected chi connectivity index (χ2v) is 5.09. The average Bonchev–Trinajstić information content (AvgIpc) is 2.27. The van der Waals surface area contributed by atoms with E-state index in [4.69, 9.17) is 0 Å². The number of benzene rings is 1. The van der Waals surface area contributed by atoms with Crippen molar-refractivity contribution in [1.82, 2.24) is 14.6 Å². The highest BCUT2D eigenvalue weighted by Crippen LogP contribution is 1.97. The van der Waals surface area contributed by atoms with E-state index in [1.807, 2.05) is 4.83 Å². The fraction of sp³-hybridized carbons (Fsp3) is 0.222. The van der Waals surface area contributed by atoms with Gasteiger partial charge in [-0.2, -0.15) is 12.7 Å². The van der Waals surface area contributed by atoms with E-state index in [2.05, 4.69) is 5.43 Å². The van der Waals surface area contributed by atoms with E-state index in [1.165, 1.54) is 14.1 Å². The molecule has 0 aliphatic rings. The Morgan fingerprint density at radius 1 is 1.19 bits per heavy atom. The number of hydrogen-bond acceptors (Lipinski definition) is 3. The number of carbonyl (C=O) groups excluding carboxylic acids is 1. The molecule has 0 aliphatic carbocycles. The lowest BCUT2D eigenvalue weighted by molar-refractivity contribution is 0.0944. The average molecular weight is 243 g/mol. The van der Waals surface area contributed by atoms with Crippen molar-refractivity contribution in [3.63, 3.8) is 0 Å². The monoisotopic (exact) mass is 243 g/mol. The number of nitrogens with one attached hydrogen (secondary N) is 2. The Balaban J connectivity index is 2.62. The molecule has 0 aromatic heterocycles. The largest absolute Gasteiger partial charge is 0.295 e. The van der Waals surface area contributed by atoms with Gasteiger partial charge in [-0.3, -0.25) is 10.2 Å². The summed E-state index contributed by atoms with van der Waals surface area (Å²) in [7, 11) is -0.934. The SMILES string of the molecule is CN(C)S(=O)(=O)NNC(=O)c1ccccc1. The van der Waals surface area contributed by atoms with Crippen LogP contribution in [0.1, 0.15) is 10.4 Å². The maximum atomic E-state index is 11.5. The molecule has 0 fully saturated rings. The third-order valence-electron chi connectivity index (χ3n) is 1.81. The summed E-state index contributed by atoms with van der Waals surface area (Å²) in [6.07, 6.45) is 0. The summed E-state index contributed by atoms with van der Waals surface area (Å²) in [5, 5.41) is 0. The van der Waals surface area contributed by atoms with E-state index in [1.54, 1.807) is 30.3 Å². The van der Waals surface area contributed by atoms with Gasteiger partial charge in [0.05, 0.1) is 0 Å². The van der Waals surface area contributed by atoms with Crippen LogP contribution in [0, 0.1) is 0 Å². The molecule has 2 N–H and O–H groups in total. The molecule has 0 saturated heterocycles. The molecular weight excluding hydrogens is 230 g/mol. The topological polar surface area (TPSA) is 78.5 Å². The zero-order valence-corrected chi connectivity index (χ0v) is 9.78. The van der Waals surface area contributed by atoms with E-state index in [0.717, 1.165) is 4.31 Å². The molecule has 0 saturated carbocycles. The van der Waals surface area contributed by atoms with Crippen molar-refractivity contribution in [3.8, 4) is 0 Å². The predicted octanol–water partition coefficient (Wildman–Crippen LogP) is -0.273. The first-order valence-corrected chi connectivity index (χ1v) is 5.92. The van der Waals surface area contributed by atoms with Crippen LogP contribution >= 0.6 is 0 Å². The Kier molecular flexibility index (Phi) is 3.99. The summed E-state index contributed by atoms with van der Waals surface area (Å²) in [5.41, 5.74) is 2.48. The highest BCUT2D eigenvalue weighted by atomic mass is 32.2. The molecule has 1 rings (SSSR count). The smallest absolute Gasteiger partial charge is 0.273 e. The molecule has 16 heavy (non-hydrogen) atoms. The Hall–Kier alpha value is -1.44. The second-order valence-electron chi connectivity index (χ2n) is 3.21. The fourth-order valence-electron chi connectivity index (χ4n) is 0.864. The molecule has 0 atom stereocenters. The molecule has 0 bridgehead atoms. The van der Waals surface area contributed by atoms with Gasteiger partial charge in [-0.1, -0.05) is 18.2 Å². The van der Waals surface area contributed by atoms with Crippen LogP contribution in [0.5, 0.6) is 0 Å². The first-order valence-electron chi connectivity index (χ1n) is 4.48. The van der Waals surface area contributed by atoms with Crippen molar-refractivity contribution in [2.24, 2.45) is 0 Å². The van der Waals surface area contributed by atoms with E-state index in [-0.39, 0.29) is 0 Å². The number of nitrogens with zero attached hydrogens (tertiary/aromatic N) is 1. The molecule has 1 aromatic rings. The van der Waals surface area contributed by atoms with Crippen LogP contribution in [-0.4, -0.2) is 32.7 Å². The Morgan fingerprint density at radius 3 is 2.25 bits per heavy atom. The summed E-state index contributed by atoms with van der Waals surface area (Å²) >= 11 is 0. The van der Waals surface area contributed by atoms with E-state index >= 15 is 0 Å². The standard InChI is InChI=1S/C9H13N3O3S/c1-12(2)16(14,15)11-10-9(13)8-6-4-3-5-7-8/h3-7,11H,1-2H3,(H,10,13). The van der Waals surface area contributed by atoms with Crippen molar-refractivity contribution in [1.29, 1.82) is 0 Å². The van der Waals surface area contributed by atoms with Gasteiger partial charge in [0.2, 0.25) is 0 Å². The lowest BCUT2D eigenvalue weighted by atomic mass is 10.2. The lowest BCUT2D eigenvalue weighted by Crippen LogP contribution is -2.46. The first-order chi connectivity index (χ1) is 7.43. The molecule has 0 spiro atoms. The molecule has 88 valence electrons.